The van der Waals surface area contributed by atoms with Gasteiger partial charge in [0.25, 0.3) is 0 Å². The van der Waals surface area contributed by atoms with Crippen LogP contribution in [0.2, 0.25) is 0 Å². The van der Waals surface area contributed by atoms with Crippen molar-refractivity contribution in [2.75, 3.05) is 0 Å². The number of allylic oxidation sites excluding steroid dienone is 1. The number of hydrogen-bond donors (Lipinski definition) is 0. The van der Waals surface area contributed by atoms with Gasteiger partial charge in [-0.2, -0.15) is 5.26 Å². The number of rotatable bonds is 5. The molecule has 0 radical (unpaired) electrons. The van der Waals surface area contributed by atoms with E-state index in [2.05, 4.69) is 26.7 Å². The highest BCUT2D eigenvalue weighted by atomic mass is 32.2. The lowest BCUT2D eigenvalue weighted by Crippen LogP contribution is -2.01. The smallest absolute Gasteiger partial charge is 0.198 e. The van der Waals surface area contributed by atoms with Crippen LogP contribution in [0.4, 0.5) is 0 Å². The van der Waals surface area contributed by atoms with Crippen LogP contribution in [0.25, 0.3) is 11.4 Å². The van der Waals surface area contributed by atoms with Gasteiger partial charge in [0.05, 0.1) is 0 Å². The van der Waals surface area contributed by atoms with Gasteiger partial charge in [0.1, 0.15) is 16.8 Å². The maximum absolute atomic E-state index is 8.94. The second-order valence-electron chi connectivity index (χ2n) is 4.52. The Bertz CT molecular complexity index is 866. The molecule has 23 heavy (non-hydrogen) atoms. The fourth-order valence-electron chi connectivity index (χ4n) is 1.99. The summed E-state index contributed by atoms with van der Waals surface area (Å²) in [6, 6.07) is 11.1. The molecule has 3 heterocycles. The Morgan fingerprint density at radius 3 is 2.91 bits per heavy atom. The molecule has 3 aromatic heterocycles. The van der Waals surface area contributed by atoms with E-state index in [1.165, 1.54) is 11.8 Å². The van der Waals surface area contributed by atoms with Crippen molar-refractivity contribution in [1.29, 1.82) is 5.26 Å². The average Bonchev–Trinajstić information content (AvgIpc) is 2.99. The van der Waals surface area contributed by atoms with Crippen molar-refractivity contribution in [2.45, 2.75) is 16.7 Å². The lowest BCUT2D eigenvalue weighted by molar-refractivity contribution is 0.730. The Kier molecular flexibility index (Phi) is 4.45. The predicted molar refractivity (Wildman–Crippen MR) is 86.5 cm³/mol. The van der Waals surface area contributed by atoms with Crippen LogP contribution in [0, 0.1) is 11.3 Å². The molecular formula is C16H12N6S. The summed E-state index contributed by atoms with van der Waals surface area (Å²) in [4.78, 5) is 8.37. The Balaban J connectivity index is 1.98. The Morgan fingerprint density at radius 2 is 2.17 bits per heavy atom. The van der Waals surface area contributed by atoms with Crippen molar-refractivity contribution in [3.8, 4) is 17.5 Å². The van der Waals surface area contributed by atoms with Crippen molar-refractivity contribution in [1.82, 2.24) is 24.7 Å². The number of nitrogens with zero attached hydrogens (tertiary/aromatic N) is 6. The van der Waals surface area contributed by atoms with Crippen molar-refractivity contribution < 1.29 is 0 Å². The maximum atomic E-state index is 8.94. The van der Waals surface area contributed by atoms with Crippen molar-refractivity contribution in [2.24, 2.45) is 0 Å². The fraction of sp³-hybridized carbons (Fsp3) is 0.0625. The molecule has 0 unspecified atom stereocenters. The van der Waals surface area contributed by atoms with Crippen LogP contribution in [0.3, 0.4) is 0 Å². The van der Waals surface area contributed by atoms with E-state index < -0.39 is 0 Å². The first-order valence-electron chi connectivity index (χ1n) is 6.81. The van der Waals surface area contributed by atoms with Crippen LogP contribution in [0.15, 0.2) is 65.6 Å². The SMILES string of the molecule is C=CCn1c(Sc2cccc(C#N)n2)nnc1-c1cccnc1. The molecule has 7 heteroatoms. The lowest BCUT2D eigenvalue weighted by Gasteiger charge is -2.07. The molecule has 0 N–H and O–H groups in total. The molecule has 6 nitrogen and oxygen atoms in total. The molecule has 112 valence electrons. The molecule has 0 aliphatic carbocycles. The summed E-state index contributed by atoms with van der Waals surface area (Å²) in [6.07, 6.45) is 5.24. The molecule has 3 rings (SSSR count). The predicted octanol–water partition coefficient (Wildman–Crippen LogP) is 2.94. The molecule has 3 aromatic rings. The summed E-state index contributed by atoms with van der Waals surface area (Å²) >= 11 is 1.36. The van der Waals surface area contributed by atoms with E-state index >= 15 is 0 Å². The van der Waals surface area contributed by atoms with Crippen LogP contribution in [-0.4, -0.2) is 24.7 Å². The molecule has 0 amide bonds. The first-order chi connectivity index (χ1) is 11.3. The largest absolute Gasteiger partial charge is 0.298 e. The standard InChI is InChI=1S/C16H12N6S/c1-2-9-22-15(12-5-4-8-18-11-12)20-21-16(22)23-14-7-3-6-13(10-17)19-14/h2-8,11H,1,9H2. The topological polar surface area (TPSA) is 80.3 Å². The molecule has 0 atom stereocenters. The third-order valence-corrected chi connectivity index (χ3v) is 3.90. The van der Waals surface area contributed by atoms with E-state index in [1.54, 1.807) is 30.6 Å². The number of nitriles is 1. The van der Waals surface area contributed by atoms with E-state index in [9.17, 15) is 0 Å². The number of pyridine rings is 2. The quantitative estimate of drug-likeness (QED) is 0.672. The van der Waals surface area contributed by atoms with Gasteiger partial charge >= 0.3 is 0 Å². The van der Waals surface area contributed by atoms with E-state index in [0.29, 0.717) is 22.4 Å². The first-order valence-corrected chi connectivity index (χ1v) is 7.63. The highest BCUT2D eigenvalue weighted by Crippen LogP contribution is 2.28. The highest BCUT2D eigenvalue weighted by molar-refractivity contribution is 7.99. The monoisotopic (exact) mass is 320 g/mol. The van der Waals surface area contributed by atoms with E-state index in [0.717, 1.165) is 11.4 Å². The Labute approximate surface area is 137 Å². The molecule has 0 aliphatic heterocycles. The van der Waals surface area contributed by atoms with Crippen LogP contribution >= 0.6 is 11.8 Å². The van der Waals surface area contributed by atoms with E-state index in [1.807, 2.05) is 28.8 Å². The molecule has 0 saturated heterocycles. The zero-order chi connectivity index (χ0) is 16.1. The third kappa shape index (κ3) is 3.27. The van der Waals surface area contributed by atoms with Crippen LogP contribution in [0.5, 0.6) is 0 Å². The highest BCUT2D eigenvalue weighted by Gasteiger charge is 2.15. The zero-order valence-corrected chi connectivity index (χ0v) is 12.9. The molecular weight excluding hydrogens is 308 g/mol. The minimum Gasteiger partial charge on any atom is -0.298 e. The van der Waals surface area contributed by atoms with Gasteiger partial charge < -0.3 is 0 Å². The van der Waals surface area contributed by atoms with Crippen LogP contribution in [0.1, 0.15) is 5.69 Å². The molecule has 0 saturated carbocycles. The molecule has 0 bridgehead atoms. The third-order valence-electron chi connectivity index (χ3n) is 2.98. The van der Waals surface area contributed by atoms with Gasteiger partial charge in [-0.05, 0) is 36.0 Å². The molecule has 0 fully saturated rings. The van der Waals surface area contributed by atoms with Gasteiger partial charge in [-0.3, -0.25) is 9.55 Å². The maximum Gasteiger partial charge on any atom is 0.198 e. The average molecular weight is 320 g/mol. The van der Waals surface area contributed by atoms with Crippen molar-refractivity contribution in [3.63, 3.8) is 0 Å². The number of hydrogen-bond acceptors (Lipinski definition) is 6. The fourth-order valence-corrected chi connectivity index (χ4v) is 2.82. The molecule has 0 spiro atoms. The second-order valence-corrected chi connectivity index (χ2v) is 5.51. The van der Waals surface area contributed by atoms with Crippen LogP contribution in [-0.2, 0) is 6.54 Å². The zero-order valence-electron chi connectivity index (χ0n) is 12.1. The van der Waals surface area contributed by atoms with Crippen molar-refractivity contribution >= 4 is 11.8 Å². The van der Waals surface area contributed by atoms with E-state index in [-0.39, 0.29) is 0 Å². The van der Waals surface area contributed by atoms with Gasteiger partial charge in [-0.25, -0.2) is 4.98 Å². The first kappa shape index (κ1) is 14.9. The molecule has 0 aliphatic rings. The van der Waals surface area contributed by atoms with Gasteiger partial charge in [-0.15, -0.1) is 16.8 Å². The second kappa shape index (κ2) is 6.85. The van der Waals surface area contributed by atoms with Gasteiger partial charge in [0.2, 0.25) is 0 Å². The molecule has 0 aromatic carbocycles. The minimum atomic E-state index is 0.372. The summed E-state index contributed by atoms with van der Waals surface area (Å²) in [5.74, 6) is 0.719. The number of aromatic nitrogens is 5. The lowest BCUT2D eigenvalue weighted by atomic mass is 10.3. The summed E-state index contributed by atoms with van der Waals surface area (Å²) in [5, 5.41) is 18.8. The van der Waals surface area contributed by atoms with E-state index in [4.69, 9.17) is 5.26 Å². The Morgan fingerprint density at radius 1 is 1.26 bits per heavy atom. The Hall–Kier alpha value is -2.98. The van der Waals surface area contributed by atoms with Crippen LogP contribution < -0.4 is 0 Å². The summed E-state index contributed by atoms with van der Waals surface area (Å²) < 4.78 is 1.94. The minimum absolute atomic E-state index is 0.372. The van der Waals surface area contributed by atoms with Crippen molar-refractivity contribution in [3.05, 3.63) is 61.1 Å². The summed E-state index contributed by atoms with van der Waals surface area (Å²) in [7, 11) is 0. The van der Waals surface area contributed by atoms with Gasteiger partial charge in [0.15, 0.2) is 11.0 Å². The summed E-state index contributed by atoms with van der Waals surface area (Å²) in [6.45, 7) is 4.35. The van der Waals surface area contributed by atoms with Gasteiger partial charge in [-0.1, -0.05) is 12.1 Å². The normalized spacial score (nSPS) is 10.2. The summed E-state index contributed by atoms with van der Waals surface area (Å²) in [5.41, 5.74) is 1.25. The van der Waals surface area contributed by atoms with Gasteiger partial charge in [0, 0.05) is 24.5 Å².